The van der Waals surface area contributed by atoms with Gasteiger partial charge in [-0.3, -0.25) is 9.69 Å². The molecule has 0 bridgehead atoms. The lowest BCUT2D eigenvalue weighted by molar-refractivity contribution is -0.134. The molecule has 2 fully saturated rings. The quantitative estimate of drug-likeness (QED) is 0.813. The fraction of sp³-hybridized carbons (Fsp3) is 0.941. The molecule has 0 aromatic heterocycles. The molecule has 2 aliphatic rings. The predicted molar refractivity (Wildman–Crippen MR) is 88.6 cm³/mol. The van der Waals surface area contributed by atoms with Crippen molar-refractivity contribution in [3.05, 3.63) is 0 Å². The molecule has 5 nitrogen and oxygen atoms in total. The smallest absolute Gasteiger partial charge is 0.226 e. The average Bonchev–Trinajstić information content (AvgIpc) is 2.81. The molecule has 1 saturated heterocycles. The van der Waals surface area contributed by atoms with Crippen molar-refractivity contribution in [3.63, 3.8) is 0 Å². The van der Waals surface area contributed by atoms with E-state index in [1.807, 2.05) is 7.05 Å². The first-order valence-corrected chi connectivity index (χ1v) is 8.41. The van der Waals surface area contributed by atoms with E-state index in [2.05, 4.69) is 44.5 Å². The second-order valence-corrected chi connectivity index (χ2v) is 8.35. The number of piperazine rings is 1. The van der Waals surface area contributed by atoms with Crippen LogP contribution in [0.5, 0.6) is 0 Å². The molecule has 1 amide bonds. The molecule has 5 heteroatoms. The van der Waals surface area contributed by atoms with Crippen LogP contribution in [0, 0.1) is 16.7 Å². The van der Waals surface area contributed by atoms with E-state index in [0.717, 1.165) is 26.2 Å². The lowest BCUT2D eigenvalue weighted by Crippen LogP contribution is -2.49. The van der Waals surface area contributed by atoms with Crippen LogP contribution < -0.4 is 0 Å². The van der Waals surface area contributed by atoms with Gasteiger partial charge < -0.3 is 14.9 Å². The SMILES string of the molecule is CN1CCN(C[C@H](O)CN(C)C(=O)C2C(C)(C)C2(C)C)CC1. The first kappa shape index (κ1) is 17.7. The molecule has 1 aliphatic carbocycles. The van der Waals surface area contributed by atoms with Gasteiger partial charge >= 0.3 is 0 Å². The standard InChI is InChI=1S/C17H33N3O2/c1-16(2)14(17(16,3)4)15(22)19(6)11-13(21)12-20-9-7-18(5)8-10-20/h13-14,21H,7-12H2,1-6H3/t13-/m1/s1. The Morgan fingerprint density at radius 2 is 1.68 bits per heavy atom. The van der Waals surface area contributed by atoms with Crippen LogP contribution in [0.1, 0.15) is 27.7 Å². The van der Waals surface area contributed by atoms with Crippen LogP contribution in [-0.2, 0) is 4.79 Å². The fourth-order valence-corrected chi connectivity index (χ4v) is 3.83. The molecule has 0 aromatic carbocycles. The highest BCUT2D eigenvalue weighted by atomic mass is 16.3. The molecule has 1 atom stereocenters. The monoisotopic (exact) mass is 311 g/mol. The zero-order valence-corrected chi connectivity index (χ0v) is 15.1. The van der Waals surface area contributed by atoms with E-state index in [1.165, 1.54) is 0 Å². The third kappa shape index (κ3) is 3.31. The van der Waals surface area contributed by atoms with Gasteiger partial charge in [0.05, 0.1) is 6.10 Å². The summed E-state index contributed by atoms with van der Waals surface area (Å²) in [5.41, 5.74) is 0.113. The van der Waals surface area contributed by atoms with E-state index in [1.54, 1.807) is 4.90 Å². The van der Waals surface area contributed by atoms with Gasteiger partial charge in [-0.1, -0.05) is 27.7 Å². The molecular weight excluding hydrogens is 278 g/mol. The molecule has 128 valence electrons. The lowest BCUT2D eigenvalue weighted by Gasteiger charge is -2.34. The summed E-state index contributed by atoms with van der Waals surface area (Å²) in [5, 5.41) is 10.3. The minimum absolute atomic E-state index is 0.0563. The minimum Gasteiger partial charge on any atom is -0.390 e. The maximum absolute atomic E-state index is 12.6. The number of carbonyl (C=O) groups is 1. The van der Waals surface area contributed by atoms with Crippen LogP contribution in [0.25, 0.3) is 0 Å². The predicted octanol–water partition coefficient (Wildman–Crippen LogP) is 0.735. The molecule has 1 saturated carbocycles. The Hall–Kier alpha value is -0.650. The van der Waals surface area contributed by atoms with Gasteiger partial charge in [0.25, 0.3) is 0 Å². The van der Waals surface area contributed by atoms with Crippen LogP contribution >= 0.6 is 0 Å². The number of aliphatic hydroxyl groups excluding tert-OH is 1. The van der Waals surface area contributed by atoms with E-state index >= 15 is 0 Å². The second kappa shape index (κ2) is 6.10. The number of likely N-dealkylation sites (N-methyl/N-ethyl adjacent to an activating group) is 2. The van der Waals surface area contributed by atoms with Gasteiger partial charge in [0.15, 0.2) is 0 Å². The van der Waals surface area contributed by atoms with Crippen LogP contribution in [0.4, 0.5) is 0 Å². The number of hydrogen-bond donors (Lipinski definition) is 1. The highest BCUT2D eigenvalue weighted by molar-refractivity contribution is 5.84. The maximum atomic E-state index is 12.6. The number of β-amino-alcohol motifs (C(OH)–C–C–N with tert-alkyl or cyclic N) is 1. The van der Waals surface area contributed by atoms with Crippen molar-refractivity contribution >= 4 is 5.91 Å². The number of aliphatic hydroxyl groups is 1. The maximum Gasteiger partial charge on any atom is 0.226 e. The Morgan fingerprint density at radius 3 is 2.14 bits per heavy atom. The Balaban J connectivity index is 1.79. The van der Waals surface area contributed by atoms with Gasteiger partial charge in [0.1, 0.15) is 0 Å². The molecule has 0 unspecified atom stereocenters. The summed E-state index contributed by atoms with van der Waals surface area (Å²) in [6.45, 7) is 13.8. The van der Waals surface area contributed by atoms with Gasteiger partial charge in [-0.2, -0.15) is 0 Å². The number of carbonyl (C=O) groups excluding carboxylic acids is 1. The van der Waals surface area contributed by atoms with E-state index in [-0.39, 0.29) is 22.7 Å². The molecule has 1 heterocycles. The van der Waals surface area contributed by atoms with Gasteiger partial charge in [-0.25, -0.2) is 0 Å². The van der Waals surface area contributed by atoms with Crippen molar-refractivity contribution in [3.8, 4) is 0 Å². The summed E-state index contributed by atoms with van der Waals surface area (Å²) in [6.07, 6.45) is -0.470. The normalized spacial score (nSPS) is 26.7. The number of nitrogens with zero attached hydrogens (tertiary/aromatic N) is 3. The van der Waals surface area contributed by atoms with E-state index in [0.29, 0.717) is 13.1 Å². The Bertz CT molecular complexity index is 400. The average molecular weight is 311 g/mol. The van der Waals surface area contributed by atoms with Crippen molar-refractivity contribution in [1.29, 1.82) is 0 Å². The summed E-state index contributed by atoms with van der Waals surface area (Å²) in [5.74, 6) is 0.244. The van der Waals surface area contributed by atoms with Crippen molar-refractivity contribution in [2.75, 3.05) is 53.4 Å². The Kier molecular flexibility index (Phi) is 4.91. The van der Waals surface area contributed by atoms with Gasteiger partial charge in [0.2, 0.25) is 5.91 Å². The highest BCUT2D eigenvalue weighted by Gasteiger charge is 2.68. The summed E-state index contributed by atoms with van der Waals surface area (Å²) in [6, 6.07) is 0. The fourth-order valence-electron chi connectivity index (χ4n) is 3.83. The zero-order chi connectivity index (χ0) is 16.7. The van der Waals surface area contributed by atoms with Crippen LogP contribution in [0.15, 0.2) is 0 Å². The van der Waals surface area contributed by atoms with Crippen LogP contribution in [0.3, 0.4) is 0 Å². The molecule has 0 spiro atoms. The molecule has 1 aliphatic heterocycles. The van der Waals surface area contributed by atoms with Crippen molar-refractivity contribution in [1.82, 2.24) is 14.7 Å². The van der Waals surface area contributed by atoms with Crippen molar-refractivity contribution in [2.24, 2.45) is 16.7 Å². The van der Waals surface area contributed by atoms with Crippen molar-refractivity contribution in [2.45, 2.75) is 33.8 Å². The molecular formula is C17H33N3O2. The zero-order valence-electron chi connectivity index (χ0n) is 15.1. The van der Waals surface area contributed by atoms with Gasteiger partial charge in [-0.15, -0.1) is 0 Å². The Labute approximate surface area is 135 Å². The molecule has 0 radical (unpaired) electrons. The van der Waals surface area contributed by atoms with Crippen LogP contribution in [0.2, 0.25) is 0 Å². The van der Waals surface area contributed by atoms with Crippen LogP contribution in [-0.4, -0.2) is 85.2 Å². The second-order valence-electron chi connectivity index (χ2n) is 8.35. The lowest BCUT2D eigenvalue weighted by atomic mass is 10.0. The first-order chi connectivity index (χ1) is 10.1. The van der Waals surface area contributed by atoms with E-state index < -0.39 is 6.10 Å². The molecule has 1 N–H and O–H groups in total. The summed E-state index contributed by atoms with van der Waals surface area (Å²) in [4.78, 5) is 18.9. The van der Waals surface area contributed by atoms with E-state index in [9.17, 15) is 9.90 Å². The number of rotatable bonds is 5. The number of hydrogen-bond acceptors (Lipinski definition) is 4. The minimum atomic E-state index is -0.470. The molecule has 0 aromatic rings. The molecule has 2 rings (SSSR count). The largest absolute Gasteiger partial charge is 0.390 e. The third-order valence-electron chi connectivity index (χ3n) is 6.19. The summed E-state index contributed by atoms with van der Waals surface area (Å²) < 4.78 is 0. The van der Waals surface area contributed by atoms with E-state index in [4.69, 9.17) is 0 Å². The molecule has 22 heavy (non-hydrogen) atoms. The first-order valence-electron chi connectivity index (χ1n) is 8.41. The highest BCUT2D eigenvalue weighted by Crippen LogP contribution is 2.68. The topological polar surface area (TPSA) is 47.0 Å². The number of amides is 1. The summed E-state index contributed by atoms with van der Waals surface area (Å²) >= 11 is 0. The Morgan fingerprint density at radius 1 is 1.18 bits per heavy atom. The summed E-state index contributed by atoms with van der Waals surface area (Å²) in [7, 11) is 3.94. The third-order valence-corrected chi connectivity index (χ3v) is 6.19. The van der Waals surface area contributed by atoms with Gasteiger partial charge in [0, 0.05) is 52.2 Å². The van der Waals surface area contributed by atoms with Crippen molar-refractivity contribution < 1.29 is 9.90 Å². The van der Waals surface area contributed by atoms with Gasteiger partial charge in [-0.05, 0) is 17.9 Å².